The summed E-state index contributed by atoms with van der Waals surface area (Å²) in [7, 11) is 0. The van der Waals surface area contributed by atoms with Crippen molar-refractivity contribution < 1.29 is 14.4 Å². The molecule has 2 heterocycles. The van der Waals surface area contributed by atoms with Crippen LogP contribution in [0.25, 0.3) is 0 Å². The Morgan fingerprint density at radius 1 is 1.42 bits per heavy atom. The molecule has 2 N–H and O–H groups in total. The molecule has 8 nitrogen and oxygen atoms in total. The summed E-state index contributed by atoms with van der Waals surface area (Å²) in [4.78, 5) is 45.7. The molecule has 1 aromatic rings. The van der Waals surface area contributed by atoms with Crippen LogP contribution in [0, 0.1) is 0 Å². The van der Waals surface area contributed by atoms with E-state index >= 15 is 0 Å². The van der Waals surface area contributed by atoms with Crippen LogP contribution in [-0.4, -0.2) is 45.3 Å². The van der Waals surface area contributed by atoms with Crippen LogP contribution in [-0.2, 0) is 29.0 Å². The zero-order valence-electron chi connectivity index (χ0n) is 13.7. The number of aromatic nitrogens is 2. The van der Waals surface area contributed by atoms with E-state index in [1.165, 1.54) is 5.56 Å². The molecule has 2 aliphatic rings. The Morgan fingerprint density at radius 3 is 3.04 bits per heavy atom. The Labute approximate surface area is 140 Å². The lowest BCUT2D eigenvalue weighted by Gasteiger charge is -2.11. The zero-order valence-corrected chi connectivity index (χ0v) is 13.7. The highest BCUT2D eigenvalue weighted by Gasteiger charge is 2.38. The molecular weight excluding hydrogens is 310 g/mol. The number of urea groups is 1. The molecule has 1 saturated heterocycles. The Balaban J connectivity index is 1.51. The van der Waals surface area contributed by atoms with Crippen molar-refractivity contribution in [1.29, 1.82) is 0 Å². The standard InChI is InChI=1S/C16H21N5O3/c1-2-6-21-15(23)12(20-16(21)24)7-14(22)18-9-13-17-8-10-4-3-5-11(10)19-13/h8,12H,2-7,9H2,1H3,(H,18,22)(H,20,24)/t12-/m1/s1. The smallest absolute Gasteiger partial charge is 0.324 e. The molecule has 1 aromatic heterocycles. The van der Waals surface area contributed by atoms with Gasteiger partial charge in [0.05, 0.1) is 13.0 Å². The lowest BCUT2D eigenvalue weighted by atomic mass is 10.2. The molecule has 0 radical (unpaired) electrons. The molecule has 0 bridgehead atoms. The lowest BCUT2D eigenvalue weighted by Crippen LogP contribution is -2.36. The van der Waals surface area contributed by atoms with Gasteiger partial charge in [-0.25, -0.2) is 14.8 Å². The molecule has 1 fully saturated rings. The summed E-state index contributed by atoms with van der Waals surface area (Å²) < 4.78 is 0. The van der Waals surface area contributed by atoms with Gasteiger partial charge in [-0.05, 0) is 31.2 Å². The van der Waals surface area contributed by atoms with Gasteiger partial charge < -0.3 is 10.6 Å². The third kappa shape index (κ3) is 3.37. The second-order valence-electron chi connectivity index (χ2n) is 6.08. The lowest BCUT2D eigenvalue weighted by molar-refractivity contribution is -0.130. The number of rotatable bonds is 6. The number of nitrogens with zero attached hydrogens (tertiary/aromatic N) is 3. The predicted molar refractivity (Wildman–Crippen MR) is 84.8 cm³/mol. The van der Waals surface area contributed by atoms with Gasteiger partial charge in [-0.3, -0.25) is 14.5 Å². The van der Waals surface area contributed by atoms with Crippen molar-refractivity contribution in [2.45, 2.75) is 51.6 Å². The van der Waals surface area contributed by atoms with Gasteiger partial charge in [0.2, 0.25) is 5.91 Å². The second kappa shape index (κ2) is 6.94. The van der Waals surface area contributed by atoms with Crippen LogP contribution >= 0.6 is 0 Å². The van der Waals surface area contributed by atoms with Crippen LogP contribution in [0.2, 0.25) is 0 Å². The molecule has 1 aliphatic heterocycles. The molecule has 0 saturated carbocycles. The first-order valence-electron chi connectivity index (χ1n) is 8.30. The van der Waals surface area contributed by atoms with Gasteiger partial charge in [0.15, 0.2) is 0 Å². The Hall–Kier alpha value is -2.51. The molecule has 8 heteroatoms. The van der Waals surface area contributed by atoms with Gasteiger partial charge in [0, 0.05) is 18.4 Å². The summed E-state index contributed by atoms with van der Waals surface area (Å²) >= 11 is 0. The number of fused-ring (bicyclic) bond motifs is 1. The minimum atomic E-state index is -0.787. The first kappa shape index (κ1) is 16.4. The topological polar surface area (TPSA) is 104 Å². The Kier molecular flexibility index (Phi) is 4.73. The number of carbonyl (C=O) groups is 3. The fourth-order valence-corrected chi connectivity index (χ4v) is 3.03. The van der Waals surface area contributed by atoms with E-state index in [1.807, 2.05) is 13.1 Å². The third-order valence-corrected chi connectivity index (χ3v) is 4.25. The van der Waals surface area contributed by atoms with Crippen molar-refractivity contribution >= 4 is 17.8 Å². The highest BCUT2D eigenvalue weighted by Crippen LogP contribution is 2.18. The van der Waals surface area contributed by atoms with E-state index in [1.54, 1.807) is 0 Å². The average Bonchev–Trinajstić information content (AvgIpc) is 3.13. The molecule has 1 aliphatic carbocycles. The fraction of sp³-hybridized carbons (Fsp3) is 0.562. The molecule has 3 rings (SSSR count). The summed E-state index contributed by atoms with van der Waals surface area (Å²) in [6, 6.07) is -1.22. The van der Waals surface area contributed by atoms with Crippen molar-refractivity contribution in [2.75, 3.05) is 6.54 Å². The van der Waals surface area contributed by atoms with Crippen LogP contribution in [0.3, 0.4) is 0 Å². The van der Waals surface area contributed by atoms with Crippen molar-refractivity contribution in [1.82, 2.24) is 25.5 Å². The summed E-state index contributed by atoms with van der Waals surface area (Å²) in [6.07, 6.45) is 5.50. The maximum Gasteiger partial charge on any atom is 0.324 e. The number of nitrogens with one attached hydrogen (secondary N) is 2. The molecule has 24 heavy (non-hydrogen) atoms. The summed E-state index contributed by atoms with van der Waals surface area (Å²) in [5.41, 5.74) is 2.24. The zero-order chi connectivity index (χ0) is 17.1. The fourth-order valence-electron chi connectivity index (χ4n) is 3.03. The molecule has 128 valence electrons. The second-order valence-corrected chi connectivity index (χ2v) is 6.08. The van der Waals surface area contributed by atoms with Crippen LogP contribution in [0.5, 0.6) is 0 Å². The van der Waals surface area contributed by atoms with Crippen molar-refractivity contribution in [3.8, 4) is 0 Å². The van der Waals surface area contributed by atoms with Gasteiger partial charge in [-0.15, -0.1) is 0 Å². The van der Waals surface area contributed by atoms with Gasteiger partial charge in [-0.2, -0.15) is 0 Å². The number of carbonyl (C=O) groups excluding carboxylic acids is 3. The average molecular weight is 331 g/mol. The van der Waals surface area contributed by atoms with E-state index < -0.39 is 12.1 Å². The van der Waals surface area contributed by atoms with Crippen LogP contribution in [0.4, 0.5) is 4.79 Å². The van der Waals surface area contributed by atoms with Gasteiger partial charge in [0.25, 0.3) is 5.91 Å². The third-order valence-electron chi connectivity index (χ3n) is 4.25. The summed E-state index contributed by atoms with van der Waals surface area (Å²) in [6.45, 7) is 2.47. The predicted octanol–water partition coefficient (Wildman–Crippen LogP) is 0.302. The monoisotopic (exact) mass is 331 g/mol. The maximum atomic E-state index is 12.1. The molecule has 0 spiro atoms. The van der Waals surface area contributed by atoms with Crippen LogP contribution in [0.1, 0.15) is 43.3 Å². The normalized spacial score (nSPS) is 19.4. The molecule has 1 atom stereocenters. The largest absolute Gasteiger partial charge is 0.349 e. The number of hydrogen-bond donors (Lipinski definition) is 2. The quantitative estimate of drug-likeness (QED) is 0.730. The van der Waals surface area contributed by atoms with Gasteiger partial charge in [-0.1, -0.05) is 6.92 Å². The van der Waals surface area contributed by atoms with E-state index in [-0.39, 0.29) is 24.8 Å². The SMILES string of the molecule is CCCN1C(=O)N[C@H](CC(=O)NCc2ncc3c(n2)CCC3)C1=O. The van der Waals surface area contributed by atoms with Crippen LogP contribution in [0.15, 0.2) is 6.20 Å². The molecule has 4 amide bonds. The first-order valence-corrected chi connectivity index (χ1v) is 8.30. The van der Waals surface area contributed by atoms with Crippen molar-refractivity contribution in [3.63, 3.8) is 0 Å². The van der Waals surface area contributed by atoms with Crippen LogP contribution < -0.4 is 10.6 Å². The summed E-state index contributed by atoms with van der Waals surface area (Å²) in [5.74, 6) is -0.0831. The number of hydrogen-bond acceptors (Lipinski definition) is 5. The first-order chi connectivity index (χ1) is 11.6. The van der Waals surface area contributed by atoms with E-state index in [4.69, 9.17) is 0 Å². The van der Waals surface area contributed by atoms with E-state index in [0.29, 0.717) is 18.8 Å². The summed E-state index contributed by atoms with van der Waals surface area (Å²) in [5, 5.41) is 5.26. The van der Waals surface area contributed by atoms with Gasteiger partial charge in [0.1, 0.15) is 11.9 Å². The van der Waals surface area contributed by atoms with Crippen molar-refractivity contribution in [3.05, 3.63) is 23.3 Å². The van der Waals surface area contributed by atoms with E-state index in [2.05, 4.69) is 20.6 Å². The highest BCUT2D eigenvalue weighted by molar-refractivity contribution is 6.05. The molecule has 0 unspecified atom stereocenters. The highest BCUT2D eigenvalue weighted by atomic mass is 16.2. The van der Waals surface area contributed by atoms with E-state index in [0.717, 1.165) is 29.9 Å². The minimum absolute atomic E-state index is 0.0737. The number of aryl methyl sites for hydroxylation is 2. The molecular formula is C16H21N5O3. The van der Waals surface area contributed by atoms with E-state index in [9.17, 15) is 14.4 Å². The maximum absolute atomic E-state index is 12.1. The van der Waals surface area contributed by atoms with Crippen molar-refractivity contribution in [2.24, 2.45) is 0 Å². The number of imide groups is 1. The Bertz CT molecular complexity index is 676. The number of amides is 4. The molecule has 0 aromatic carbocycles. The minimum Gasteiger partial charge on any atom is -0.349 e. The Morgan fingerprint density at radius 2 is 2.25 bits per heavy atom. The van der Waals surface area contributed by atoms with Gasteiger partial charge >= 0.3 is 6.03 Å².